The van der Waals surface area contributed by atoms with E-state index in [0.29, 0.717) is 4.57 Å². The first-order chi connectivity index (χ1) is 8.95. The van der Waals surface area contributed by atoms with Crippen LogP contribution >= 0.6 is 11.6 Å². The van der Waals surface area contributed by atoms with Crippen molar-refractivity contribution in [3.8, 4) is 11.8 Å². The minimum Gasteiger partial charge on any atom is -0.297 e. The third-order valence-electron chi connectivity index (χ3n) is 2.59. The molecule has 0 amide bonds. The quantitative estimate of drug-likeness (QED) is 0.804. The van der Waals surface area contributed by atoms with E-state index in [1.807, 2.05) is 0 Å². The molecule has 19 heavy (non-hydrogen) atoms. The summed E-state index contributed by atoms with van der Waals surface area (Å²) < 4.78 is 14.5. The van der Waals surface area contributed by atoms with Crippen molar-refractivity contribution >= 4 is 11.6 Å². The second kappa shape index (κ2) is 4.71. The van der Waals surface area contributed by atoms with Crippen LogP contribution in [0.4, 0.5) is 4.39 Å². The van der Waals surface area contributed by atoms with Crippen LogP contribution < -0.4 is 11.2 Å². The summed E-state index contributed by atoms with van der Waals surface area (Å²) in [6, 6.07) is 5.22. The highest BCUT2D eigenvalue weighted by atomic mass is 35.5. The zero-order chi connectivity index (χ0) is 14.2. The number of halogens is 2. The molecule has 0 saturated heterocycles. The number of hydrogen-bond acceptors (Lipinski definition) is 3. The van der Waals surface area contributed by atoms with Crippen molar-refractivity contribution in [3.05, 3.63) is 61.1 Å². The number of benzene rings is 1. The molecule has 0 aliphatic carbocycles. The summed E-state index contributed by atoms with van der Waals surface area (Å²) >= 11 is 5.66. The number of H-pyrrole nitrogens is 1. The largest absolute Gasteiger partial charge is 0.334 e. The van der Waals surface area contributed by atoms with E-state index in [-0.39, 0.29) is 22.0 Å². The lowest BCUT2D eigenvalue weighted by Crippen LogP contribution is -2.35. The number of aromatic nitrogens is 2. The van der Waals surface area contributed by atoms with E-state index in [9.17, 15) is 14.0 Å². The van der Waals surface area contributed by atoms with Crippen LogP contribution in [0.2, 0.25) is 5.15 Å². The Balaban J connectivity index is 2.81. The third kappa shape index (κ3) is 2.16. The fraction of sp³-hybridized carbons (Fsp3) is 0.0833. The molecule has 0 aliphatic heterocycles. The van der Waals surface area contributed by atoms with Crippen molar-refractivity contribution in [2.24, 2.45) is 0 Å². The molecule has 1 aromatic carbocycles. The van der Waals surface area contributed by atoms with Crippen molar-refractivity contribution in [3.63, 3.8) is 0 Å². The lowest BCUT2D eigenvalue weighted by Gasteiger charge is -2.07. The van der Waals surface area contributed by atoms with Crippen molar-refractivity contribution in [1.29, 1.82) is 5.26 Å². The zero-order valence-corrected chi connectivity index (χ0v) is 10.5. The molecule has 0 fully saturated rings. The Morgan fingerprint density at radius 3 is 2.68 bits per heavy atom. The van der Waals surface area contributed by atoms with Gasteiger partial charge in [0.05, 0.1) is 22.9 Å². The topological polar surface area (TPSA) is 78.7 Å². The molecule has 1 heterocycles. The zero-order valence-electron chi connectivity index (χ0n) is 9.70. The average Bonchev–Trinajstić information content (AvgIpc) is 2.38. The van der Waals surface area contributed by atoms with Gasteiger partial charge in [0.25, 0.3) is 5.56 Å². The van der Waals surface area contributed by atoms with Crippen LogP contribution in [0, 0.1) is 24.1 Å². The molecule has 0 unspecified atom stereocenters. The first-order valence-corrected chi connectivity index (χ1v) is 5.55. The van der Waals surface area contributed by atoms with E-state index in [4.69, 9.17) is 16.9 Å². The molecule has 1 N–H and O–H groups in total. The normalized spacial score (nSPS) is 10.2. The molecule has 2 aromatic rings. The van der Waals surface area contributed by atoms with Crippen LogP contribution in [-0.4, -0.2) is 9.55 Å². The maximum absolute atomic E-state index is 13.8. The second-order valence-electron chi connectivity index (χ2n) is 3.79. The molecule has 0 saturated carbocycles. The van der Waals surface area contributed by atoms with E-state index >= 15 is 0 Å². The van der Waals surface area contributed by atoms with Gasteiger partial charge in [0, 0.05) is 0 Å². The highest BCUT2D eigenvalue weighted by Gasteiger charge is 2.14. The van der Waals surface area contributed by atoms with Crippen LogP contribution in [0.25, 0.3) is 5.69 Å². The maximum Gasteiger partial charge on any atom is 0.334 e. The predicted molar refractivity (Wildman–Crippen MR) is 67.1 cm³/mol. The van der Waals surface area contributed by atoms with Crippen molar-refractivity contribution in [2.45, 2.75) is 6.92 Å². The van der Waals surface area contributed by atoms with Crippen LogP contribution in [0.3, 0.4) is 0 Å². The van der Waals surface area contributed by atoms with E-state index < -0.39 is 17.1 Å². The minimum absolute atomic E-state index is 0.0831. The van der Waals surface area contributed by atoms with Gasteiger partial charge in [-0.3, -0.25) is 9.78 Å². The van der Waals surface area contributed by atoms with Gasteiger partial charge in [0.15, 0.2) is 0 Å². The number of nitrogens with one attached hydrogen (secondary N) is 1. The van der Waals surface area contributed by atoms with Gasteiger partial charge in [-0.05, 0) is 25.1 Å². The first kappa shape index (κ1) is 13.1. The smallest absolute Gasteiger partial charge is 0.297 e. The third-order valence-corrected chi connectivity index (χ3v) is 2.97. The number of aromatic amines is 1. The van der Waals surface area contributed by atoms with E-state index in [1.165, 1.54) is 19.1 Å². The second-order valence-corrected chi connectivity index (χ2v) is 4.17. The molecule has 0 spiro atoms. The van der Waals surface area contributed by atoms with E-state index in [1.54, 1.807) is 6.07 Å². The summed E-state index contributed by atoms with van der Waals surface area (Å²) in [6.07, 6.45) is 0. The summed E-state index contributed by atoms with van der Waals surface area (Å²) in [5.41, 5.74) is -1.59. The number of nitriles is 1. The Bertz CT molecular complexity index is 817. The van der Waals surface area contributed by atoms with Crippen LogP contribution in [0.1, 0.15) is 11.1 Å². The predicted octanol–water partition coefficient (Wildman–Crippen LogP) is 1.50. The number of nitrogens with zero attached hydrogens (tertiary/aromatic N) is 2. The lowest BCUT2D eigenvalue weighted by molar-refractivity contribution is 0.611. The molecule has 1 aromatic heterocycles. The van der Waals surface area contributed by atoms with Gasteiger partial charge in [-0.15, -0.1) is 0 Å². The van der Waals surface area contributed by atoms with Crippen molar-refractivity contribution in [1.82, 2.24) is 9.55 Å². The SMILES string of the molecule is Cc1c(Cl)[nH]c(=O)n(-c2ccc(C#N)cc2F)c1=O. The molecule has 5 nitrogen and oxygen atoms in total. The van der Waals surface area contributed by atoms with Gasteiger partial charge in [0.2, 0.25) is 0 Å². The van der Waals surface area contributed by atoms with Gasteiger partial charge in [-0.25, -0.2) is 13.8 Å². The average molecular weight is 280 g/mol. The lowest BCUT2D eigenvalue weighted by atomic mass is 10.2. The maximum atomic E-state index is 13.8. The monoisotopic (exact) mass is 279 g/mol. The fourth-order valence-electron chi connectivity index (χ4n) is 1.57. The van der Waals surface area contributed by atoms with Gasteiger partial charge in [-0.1, -0.05) is 11.6 Å². The molecule has 96 valence electrons. The summed E-state index contributed by atoms with van der Waals surface area (Å²) in [6.45, 7) is 1.42. The summed E-state index contributed by atoms with van der Waals surface area (Å²) in [5.74, 6) is -0.839. The highest BCUT2D eigenvalue weighted by Crippen LogP contribution is 2.13. The van der Waals surface area contributed by atoms with Crippen molar-refractivity contribution < 1.29 is 4.39 Å². The van der Waals surface area contributed by atoms with E-state index in [0.717, 1.165) is 6.07 Å². The Hall–Kier alpha value is -2.39. The first-order valence-electron chi connectivity index (χ1n) is 5.17. The molecule has 2 rings (SSSR count). The molecule has 0 bridgehead atoms. The fourth-order valence-corrected chi connectivity index (χ4v) is 1.74. The number of hydrogen-bond donors (Lipinski definition) is 1. The summed E-state index contributed by atoms with van der Waals surface area (Å²) in [7, 11) is 0. The minimum atomic E-state index is -0.843. The molecular formula is C12H7ClFN3O2. The molecular weight excluding hydrogens is 273 g/mol. The Morgan fingerprint density at radius 1 is 1.42 bits per heavy atom. The van der Waals surface area contributed by atoms with Crippen LogP contribution in [0.15, 0.2) is 27.8 Å². The number of rotatable bonds is 1. The highest BCUT2D eigenvalue weighted by molar-refractivity contribution is 6.30. The Kier molecular flexibility index (Phi) is 3.23. The standard InChI is InChI=1S/C12H7ClFN3O2/c1-6-10(13)16-12(19)17(11(6)18)9-3-2-7(5-15)4-8(9)14/h2-4H,1H3,(H,16,19). The molecule has 0 radical (unpaired) electrons. The molecule has 0 atom stereocenters. The Labute approximate surface area is 111 Å². The van der Waals surface area contributed by atoms with Gasteiger partial charge < -0.3 is 0 Å². The summed E-state index contributed by atoms with van der Waals surface area (Å²) in [4.78, 5) is 25.9. The van der Waals surface area contributed by atoms with E-state index in [2.05, 4.69) is 4.98 Å². The Morgan fingerprint density at radius 2 is 2.11 bits per heavy atom. The molecule has 7 heteroatoms. The van der Waals surface area contributed by atoms with Crippen LogP contribution in [0.5, 0.6) is 0 Å². The molecule has 0 aliphatic rings. The van der Waals surface area contributed by atoms with Crippen LogP contribution in [-0.2, 0) is 0 Å². The summed E-state index contributed by atoms with van der Waals surface area (Å²) in [5, 5.41) is 8.56. The van der Waals surface area contributed by atoms with Crippen molar-refractivity contribution in [2.75, 3.05) is 0 Å². The van der Waals surface area contributed by atoms with Gasteiger partial charge in [-0.2, -0.15) is 5.26 Å². The van der Waals surface area contributed by atoms with Gasteiger partial charge >= 0.3 is 5.69 Å². The van der Waals surface area contributed by atoms with Gasteiger partial charge in [0.1, 0.15) is 11.0 Å².